The van der Waals surface area contributed by atoms with Gasteiger partial charge >= 0.3 is 18.4 Å². The van der Waals surface area contributed by atoms with Crippen molar-refractivity contribution in [2.75, 3.05) is 33.2 Å². The van der Waals surface area contributed by atoms with Crippen LogP contribution in [0.3, 0.4) is 0 Å². The van der Waals surface area contributed by atoms with E-state index in [1.165, 1.54) is 0 Å². The van der Waals surface area contributed by atoms with Crippen molar-refractivity contribution < 1.29 is 31.9 Å². The van der Waals surface area contributed by atoms with Crippen molar-refractivity contribution in [1.29, 1.82) is 0 Å². The quantitative estimate of drug-likeness (QED) is 0.558. The maximum atomic E-state index is 14.3. The molecule has 34 heavy (non-hydrogen) atoms. The largest absolute Gasteiger partial charge is 0.573 e. The van der Waals surface area contributed by atoms with Crippen molar-refractivity contribution in [3.8, 4) is 5.75 Å². The molecule has 1 saturated carbocycles. The summed E-state index contributed by atoms with van der Waals surface area (Å²) in [5.74, 6) is -1.56. The zero-order chi connectivity index (χ0) is 24.5. The van der Waals surface area contributed by atoms with Crippen LogP contribution in [-0.2, 0) is 6.54 Å². The van der Waals surface area contributed by atoms with Gasteiger partial charge in [-0.05, 0) is 38.3 Å². The number of urea groups is 2. The van der Waals surface area contributed by atoms with Crippen molar-refractivity contribution in [3.05, 3.63) is 29.6 Å². The first-order valence-corrected chi connectivity index (χ1v) is 11.4. The lowest BCUT2D eigenvalue weighted by Crippen LogP contribution is -2.61. The number of benzene rings is 1. The monoisotopic (exact) mass is 487 g/mol. The molecule has 0 bridgehead atoms. The first-order chi connectivity index (χ1) is 16.1. The molecule has 4 amide bonds. The topological polar surface area (TPSA) is 85.9 Å². The third-order valence-corrected chi connectivity index (χ3v) is 6.72. The maximum Gasteiger partial charge on any atom is 0.573 e. The van der Waals surface area contributed by atoms with E-state index in [0.29, 0.717) is 19.2 Å². The van der Waals surface area contributed by atoms with Gasteiger partial charge < -0.3 is 30.5 Å². The number of hydrogen-bond acceptors (Lipinski definition) is 4. The summed E-state index contributed by atoms with van der Waals surface area (Å²) in [5.41, 5.74) is -0.0609. The summed E-state index contributed by atoms with van der Waals surface area (Å²) in [6.45, 7) is 2.47. The molecule has 3 aliphatic rings. The van der Waals surface area contributed by atoms with Gasteiger partial charge in [-0.15, -0.1) is 13.2 Å². The number of rotatable bonds is 5. The van der Waals surface area contributed by atoms with E-state index in [1.807, 2.05) is 0 Å². The molecule has 0 aromatic heterocycles. The molecule has 3 fully saturated rings. The fourth-order valence-corrected chi connectivity index (χ4v) is 5.07. The van der Waals surface area contributed by atoms with Crippen LogP contribution in [0.4, 0.5) is 27.2 Å². The number of likely N-dealkylation sites (tertiary alicyclic amines) is 1. The first-order valence-electron chi connectivity index (χ1n) is 11.4. The molecule has 1 aromatic rings. The minimum atomic E-state index is -4.91. The second kappa shape index (κ2) is 9.47. The zero-order valence-electron chi connectivity index (χ0n) is 18.9. The van der Waals surface area contributed by atoms with Crippen molar-refractivity contribution in [2.45, 2.75) is 50.7 Å². The number of carbonyl (C=O) groups is 2. The number of nitrogens with zero attached hydrogens (tertiary/aromatic N) is 2. The fraction of sp³-hybridized carbons (Fsp3) is 0.636. The molecule has 2 heterocycles. The van der Waals surface area contributed by atoms with Crippen LogP contribution in [0.15, 0.2) is 18.2 Å². The second-order valence-corrected chi connectivity index (χ2v) is 9.32. The van der Waals surface area contributed by atoms with E-state index in [4.69, 9.17) is 0 Å². The molecule has 1 aliphatic carbocycles. The van der Waals surface area contributed by atoms with Gasteiger partial charge in [0.25, 0.3) is 0 Å². The highest BCUT2D eigenvalue weighted by Crippen LogP contribution is 2.40. The van der Waals surface area contributed by atoms with E-state index < -0.39 is 17.9 Å². The predicted octanol–water partition coefficient (Wildman–Crippen LogP) is 2.79. The summed E-state index contributed by atoms with van der Waals surface area (Å²) < 4.78 is 55.1. The van der Waals surface area contributed by atoms with Crippen LogP contribution >= 0.6 is 0 Å². The zero-order valence-corrected chi connectivity index (χ0v) is 18.9. The SMILES string of the molecule is CNC(=O)N1CC(N(C(=O)NCc2ccc(OC(F)(F)F)cc2F)C2CC2)CC2(CCNC2)C1. The van der Waals surface area contributed by atoms with Gasteiger partial charge in [0.2, 0.25) is 0 Å². The van der Waals surface area contributed by atoms with Gasteiger partial charge in [-0.1, -0.05) is 6.07 Å². The Morgan fingerprint density at radius 3 is 2.65 bits per heavy atom. The number of nitrogens with one attached hydrogen (secondary N) is 3. The number of halogens is 4. The second-order valence-electron chi connectivity index (χ2n) is 9.32. The highest BCUT2D eigenvalue weighted by Gasteiger charge is 2.48. The van der Waals surface area contributed by atoms with Crippen LogP contribution in [-0.4, -0.2) is 73.5 Å². The van der Waals surface area contributed by atoms with Crippen LogP contribution < -0.4 is 20.7 Å². The summed E-state index contributed by atoms with van der Waals surface area (Å²) in [5, 5.41) is 8.75. The molecular formula is C22H29F4N5O3. The normalized spacial score (nSPS) is 24.7. The standard InChI is InChI=1S/C22H29F4N5O3/c1-27-19(32)30-11-16(9-21(13-30)6-7-28-12-21)31(15-3-4-15)20(33)29-10-14-2-5-17(8-18(14)23)34-22(24,25)26/h2,5,8,15-16,28H,3-4,6-7,9-13H2,1H3,(H,27,32)(H,29,33). The van der Waals surface area contributed by atoms with Crippen molar-refractivity contribution in [1.82, 2.24) is 25.8 Å². The van der Waals surface area contributed by atoms with E-state index in [1.54, 1.807) is 16.8 Å². The van der Waals surface area contributed by atoms with Crippen molar-refractivity contribution in [2.24, 2.45) is 5.41 Å². The Labute approximate surface area is 195 Å². The molecule has 2 saturated heterocycles. The molecular weight excluding hydrogens is 458 g/mol. The van der Waals surface area contributed by atoms with Crippen LogP contribution in [0, 0.1) is 11.2 Å². The summed E-state index contributed by atoms with van der Waals surface area (Å²) in [4.78, 5) is 29.2. The van der Waals surface area contributed by atoms with Crippen LogP contribution in [0.2, 0.25) is 0 Å². The van der Waals surface area contributed by atoms with Gasteiger partial charge in [-0.2, -0.15) is 0 Å². The molecule has 2 atom stereocenters. The third-order valence-electron chi connectivity index (χ3n) is 6.72. The van der Waals surface area contributed by atoms with Gasteiger partial charge in [0, 0.05) is 56.3 Å². The van der Waals surface area contributed by atoms with E-state index >= 15 is 0 Å². The third kappa shape index (κ3) is 5.65. The van der Waals surface area contributed by atoms with Gasteiger partial charge in [0.15, 0.2) is 0 Å². The van der Waals surface area contributed by atoms with E-state index in [9.17, 15) is 27.2 Å². The van der Waals surface area contributed by atoms with Crippen LogP contribution in [0.25, 0.3) is 0 Å². The molecule has 0 radical (unpaired) electrons. The molecule has 1 spiro atoms. The number of carbonyl (C=O) groups excluding carboxylic acids is 2. The molecule has 3 N–H and O–H groups in total. The van der Waals surface area contributed by atoms with E-state index in [-0.39, 0.29) is 41.7 Å². The Balaban J connectivity index is 1.45. The Morgan fingerprint density at radius 2 is 2.06 bits per heavy atom. The smallest absolute Gasteiger partial charge is 0.406 e. The Bertz CT molecular complexity index is 918. The molecule has 1 aromatic carbocycles. The predicted molar refractivity (Wildman–Crippen MR) is 115 cm³/mol. The number of alkyl halides is 3. The van der Waals surface area contributed by atoms with E-state index in [2.05, 4.69) is 20.7 Å². The van der Waals surface area contributed by atoms with Gasteiger partial charge in [0.05, 0.1) is 6.04 Å². The lowest BCUT2D eigenvalue weighted by atomic mass is 9.77. The van der Waals surface area contributed by atoms with Crippen LogP contribution in [0.5, 0.6) is 5.75 Å². The Morgan fingerprint density at radius 1 is 1.29 bits per heavy atom. The van der Waals surface area contributed by atoms with Crippen molar-refractivity contribution in [3.63, 3.8) is 0 Å². The van der Waals surface area contributed by atoms with Crippen molar-refractivity contribution >= 4 is 12.1 Å². The molecule has 4 rings (SSSR count). The Hall–Kier alpha value is -2.76. The molecule has 8 nitrogen and oxygen atoms in total. The minimum Gasteiger partial charge on any atom is -0.406 e. The summed E-state index contributed by atoms with van der Waals surface area (Å²) in [6.07, 6.45) is -1.54. The lowest BCUT2D eigenvalue weighted by molar-refractivity contribution is -0.274. The number of piperidine rings is 1. The Kier molecular flexibility index (Phi) is 6.79. The highest BCUT2D eigenvalue weighted by molar-refractivity contribution is 5.76. The summed E-state index contributed by atoms with van der Waals surface area (Å²) >= 11 is 0. The van der Waals surface area contributed by atoms with Gasteiger partial charge in [-0.25, -0.2) is 14.0 Å². The maximum absolute atomic E-state index is 14.3. The highest BCUT2D eigenvalue weighted by atomic mass is 19.4. The summed E-state index contributed by atoms with van der Waals surface area (Å²) in [6, 6.07) is 2.12. The summed E-state index contributed by atoms with van der Waals surface area (Å²) in [7, 11) is 1.58. The lowest BCUT2D eigenvalue weighted by Gasteiger charge is -2.47. The van der Waals surface area contributed by atoms with Gasteiger partial charge in [-0.3, -0.25) is 0 Å². The van der Waals surface area contributed by atoms with Gasteiger partial charge in [0.1, 0.15) is 11.6 Å². The fourth-order valence-electron chi connectivity index (χ4n) is 5.07. The first kappa shape index (κ1) is 24.4. The molecule has 188 valence electrons. The average molecular weight is 487 g/mol. The number of amides is 4. The molecule has 2 aliphatic heterocycles. The molecule has 12 heteroatoms. The minimum absolute atomic E-state index is 0.0470. The number of ether oxygens (including phenoxy) is 1. The molecule has 2 unspecified atom stereocenters. The average Bonchev–Trinajstić information content (AvgIpc) is 3.50. The van der Waals surface area contributed by atoms with E-state index in [0.717, 1.165) is 50.9 Å². The van der Waals surface area contributed by atoms with Crippen LogP contribution in [0.1, 0.15) is 31.2 Å². The number of hydrogen-bond donors (Lipinski definition) is 3.